The molecule has 0 heterocycles. The Hall–Kier alpha value is -1.94. The van der Waals surface area contributed by atoms with E-state index in [9.17, 15) is 43.2 Å². The fourth-order valence-corrected chi connectivity index (χ4v) is 14.7. The van der Waals surface area contributed by atoms with Gasteiger partial charge in [0.05, 0.1) is 26.4 Å². The molecule has 0 fully saturated rings. The first-order valence-electron chi connectivity index (χ1n) is 44.0. The zero-order chi connectivity index (χ0) is 76.5. The molecule has 19 heteroatoms. The molecule has 0 aromatic heterocycles. The highest BCUT2D eigenvalue weighted by molar-refractivity contribution is 7.47. The average molecular weight is 1520 g/mol. The van der Waals surface area contributed by atoms with E-state index in [2.05, 4.69) is 48.5 Å². The highest BCUT2D eigenvalue weighted by Gasteiger charge is 2.30. The smallest absolute Gasteiger partial charge is 0.462 e. The zero-order valence-electron chi connectivity index (χ0n) is 68.5. The lowest BCUT2D eigenvalue weighted by molar-refractivity contribution is -0.161. The van der Waals surface area contributed by atoms with Gasteiger partial charge in [0, 0.05) is 25.7 Å². The molecule has 0 aliphatic carbocycles. The van der Waals surface area contributed by atoms with Gasteiger partial charge < -0.3 is 33.8 Å². The normalized spacial score (nSPS) is 14.7. The summed E-state index contributed by atoms with van der Waals surface area (Å²) in [5.41, 5.74) is 0. The number of phosphoric ester groups is 2. The van der Waals surface area contributed by atoms with Gasteiger partial charge >= 0.3 is 39.5 Å². The van der Waals surface area contributed by atoms with Gasteiger partial charge in [0.2, 0.25) is 0 Å². The number of esters is 4. The van der Waals surface area contributed by atoms with E-state index in [0.29, 0.717) is 25.7 Å². The molecule has 0 bridgehead atoms. The Kier molecular flexibility index (Phi) is 73.7. The fourth-order valence-electron chi connectivity index (χ4n) is 13.1. The lowest BCUT2D eigenvalue weighted by Crippen LogP contribution is -2.30. The van der Waals surface area contributed by atoms with E-state index >= 15 is 0 Å². The summed E-state index contributed by atoms with van der Waals surface area (Å²) >= 11 is 0. The molecule has 0 saturated carbocycles. The summed E-state index contributed by atoms with van der Waals surface area (Å²) in [6, 6.07) is 0. The van der Waals surface area contributed by atoms with Crippen LogP contribution in [0.25, 0.3) is 0 Å². The van der Waals surface area contributed by atoms with Gasteiger partial charge in [-0.25, -0.2) is 9.13 Å². The van der Waals surface area contributed by atoms with Crippen molar-refractivity contribution in [2.24, 2.45) is 17.8 Å². The third kappa shape index (κ3) is 74.2. The quantitative estimate of drug-likeness (QED) is 0.0222. The number of ether oxygens (including phenoxy) is 4. The van der Waals surface area contributed by atoms with Crippen LogP contribution >= 0.6 is 15.6 Å². The van der Waals surface area contributed by atoms with Crippen LogP contribution in [-0.4, -0.2) is 96.7 Å². The summed E-state index contributed by atoms with van der Waals surface area (Å²) in [5.74, 6) is 0.297. The second-order valence-corrected chi connectivity index (χ2v) is 34.2. The lowest BCUT2D eigenvalue weighted by Gasteiger charge is -2.21. The van der Waals surface area contributed by atoms with Crippen molar-refractivity contribution >= 4 is 39.5 Å². The van der Waals surface area contributed by atoms with Gasteiger partial charge in [0.1, 0.15) is 19.3 Å². The van der Waals surface area contributed by atoms with E-state index < -0.39 is 97.5 Å². The molecule has 104 heavy (non-hydrogen) atoms. The maximum absolute atomic E-state index is 13.1. The van der Waals surface area contributed by atoms with Crippen LogP contribution in [0.4, 0.5) is 0 Å². The number of phosphoric acid groups is 2. The zero-order valence-corrected chi connectivity index (χ0v) is 70.3. The highest BCUT2D eigenvalue weighted by atomic mass is 31.2. The number of aliphatic hydroxyl groups excluding tert-OH is 1. The molecule has 0 rings (SSSR count). The molecule has 0 aromatic carbocycles. The Balaban J connectivity index is 5.23. The van der Waals surface area contributed by atoms with E-state index in [0.717, 1.165) is 114 Å². The molecule has 0 aromatic rings. The Morgan fingerprint density at radius 1 is 0.269 bits per heavy atom. The van der Waals surface area contributed by atoms with Gasteiger partial charge in [0.15, 0.2) is 12.2 Å². The van der Waals surface area contributed by atoms with Crippen molar-refractivity contribution in [3.8, 4) is 0 Å². The van der Waals surface area contributed by atoms with E-state index in [1.54, 1.807) is 0 Å². The topological polar surface area (TPSA) is 237 Å². The number of rotatable bonds is 83. The molecular weight excluding hydrogens is 1350 g/mol. The molecule has 0 aliphatic rings. The molecule has 17 nitrogen and oxygen atoms in total. The van der Waals surface area contributed by atoms with Crippen molar-refractivity contribution in [1.82, 2.24) is 0 Å². The van der Waals surface area contributed by atoms with E-state index in [1.807, 2.05) is 0 Å². The van der Waals surface area contributed by atoms with Gasteiger partial charge in [-0.05, 0) is 43.4 Å². The lowest BCUT2D eigenvalue weighted by atomic mass is 9.99. The summed E-state index contributed by atoms with van der Waals surface area (Å²) < 4.78 is 68.8. The number of unbranched alkanes of at least 4 members (excludes halogenated alkanes) is 48. The SMILES string of the molecule is CCCCCCCCCCCCCCCCCCCCC(=O)OC[C@H](COP(=O)(O)OC[C@@H](O)COP(=O)(O)OC[C@@H](COC(=O)CCCCCCCCC(C)CC)OC(=O)CCCCCCCCCCCCC(C)CC)OC(=O)CCCCCCCCCCCCCCCCCCCCC(C)CC. The average Bonchev–Trinajstić information content (AvgIpc) is 0.904. The van der Waals surface area contributed by atoms with Crippen LogP contribution in [0.1, 0.15) is 447 Å². The Labute approximate surface area is 638 Å². The second-order valence-electron chi connectivity index (χ2n) is 31.3. The number of hydrogen-bond donors (Lipinski definition) is 3. The van der Waals surface area contributed by atoms with Crippen LogP contribution in [0.2, 0.25) is 0 Å². The summed E-state index contributed by atoms with van der Waals surface area (Å²) in [5, 5.41) is 10.7. The van der Waals surface area contributed by atoms with Crippen LogP contribution in [0.5, 0.6) is 0 Å². The van der Waals surface area contributed by atoms with E-state index in [-0.39, 0.29) is 25.7 Å². The Bertz CT molecular complexity index is 2010. The minimum Gasteiger partial charge on any atom is -0.462 e. The van der Waals surface area contributed by atoms with Crippen molar-refractivity contribution in [2.75, 3.05) is 39.6 Å². The summed E-state index contributed by atoms with van der Waals surface area (Å²) in [4.78, 5) is 73.2. The van der Waals surface area contributed by atoms with Gasteiger partial charge in [-0.3, -0.25) is 37.3 Å². The molecule has 3 N–H and O–H groups in total. The fraction of sp³-hybridized carbons (Fsp3) is 0.953. The monoisotopic (exact) mass is 1520 g/mol. The van der Waals surface area contributed by atoms with Crippen LogP contribution in [0.15, 0.2) is 0 Å². The largest absolute Gasteiger partial charge is 0.472 e. The number of carbonyl (C=O) groups excluding carboxylic acids is 4. The molecule has 8 atom stereocenters. The maximum atomic E-state index is 13.1. The third-order valence-electron chi connectivity index (χ3n) is 21.0. The third-order valence-corrected chi connectivity index (χ3v) is 22.9. The number of hydrogen-bond acceptors (Lipinski definition) is 15. The summed E-state index contributed by atoms with van der Waals surface area (Å²) in [6.07, 6.45) is 65.2. The molecule has 0 saturated heterocycles. The van der Waals surface area contributed by atoms with Gasteiger partial charge in [0.25, 0.3) is 0 Å². The standard InChI is InChI=1S/C85H166O17P2/c1-8-12-13-14-15-16-17-18-19-20-24-27-30-33-39-44-52-59-66-82(87)95-72-80(101-84(89)68-61-54-45-40-34-31-28-25-22-21-23-26-29-32-37-42-49-56-63-76(5)9-2)74-99-103(91,92)97-70-79(86)71-98-104(93,94)100-75-81(73-96-83(88)67-60-53-48-47-51-58-65-78(7)11-4)102-85(90)69-62-55-46-41-36-35-38-43-50-57-64-77(6)10-3/h76-81,86H,8-75H2,1-7H3,(H,91,92)(H,93,94)/t76?,77?,78?,79-,80-,81-/m1/s1. The predicted octanol–water partition coefficient (Wildman–Crippen LogP) is 25.7. The minimum absolute atomic E-state index is 0.105. The van der Waals surface area contributed by atoms with Gasteiger partial charge in [-0.2, -0.15) is 0 Å². The van der Waals surface area contributed by atoms with Crippen LogP contribution < -0.4 is 0 Å². The first kappa shape index (κ1) is 102. The number of aliphatic hydroxyl groups is 1. The summed E-state index contributed by atoms with van der Waals surface area (Å²) in [7, 11) is -9.93. The molecule has 0 radical (unpaired) electrons. The highest BCUT2D eigenvalue weighted by Crippen LogP contribution is 2.45. The van der Waals surface area contributed by atoms with Crippen LogP contribution in [0, 0.1) is 17.8 Å². The van der Waals surface area contributed by atoms with Crippen molar-refractivity contribution in [3.05, 3.63) is 0 Å². The first-order valence-corrected chi connectivity index (χ1v) is 47.0. The first-order chi connectivity index (χ1) is 50.3. The Morgan fingerprint density at radius 3 is 0.683 bits per heavy atom. The predicted molar refractivity (Wildman–Crippen MR) is 428 cm³/mol. The molecule has 5 unspecified atom stereocenters. The second kappa shape index (κ2) is 75.1. The van der Waals surface area contributed by atoms with Crippen molar-refractivity contribution in [2.45, 2.75) is 465 Å². The van der Waals surface area contributed by atoms with Crippen molar-refractivity contribution in [3.63, 3.8) is 0 Å². The number of carbonyl (C=O) groups is 4. The Morgan fingerprint density at radius 2 is 0.462 bits per heavy atom. The molecular formula is C85H166O17P2. The molecule has 0 amide bonds. The van der Waals surface area contributed by atoms with Gasteiger partial charge in [-0.1, -0.05) is 395 Å². The maximum Gasteiger partial charge on any atom is 0.472 e. The van der Waals surface area contributed by atoms with Crippen LogP contribution in [0.3, 0.4) is 0 Å². The summed E-state index contributed by atoms with van der Waals surface area (Å²) in [6.45, 7) is 12.0. The van der Waals surface area contributed by atoms with Crippen molar-refractivity contribution < 1.29 is 80.2 Å². The minimum atomic E-state index is -4.97. The molecule has 618 valence electrons. The van der Waals surface area contributed by atoms with Gasteiger partial charge in [-0.15, -0.1) is 0 Å². The van der Waals surface area contributed by atoms with E-state index in [1.165, 1.54) is 250 Å². The van der Waals surface area contributed by atoms with Crippen LogP contribution in [-0.2, 0) is 65.4 Å². The molecule has 0 spiro atoms. The molecule has 0 aliphatic heterocycles. The van der Waals surface area contributed by atoms with E-state index in [4.69, 9.17) is 37.0 Å². The van der Waals surface area contributed by atoms with Crippen molar-refractivity contribution in [1.29, 1.82) is 0 Å².